The van der Waals surface area contributed by atoms with E-state index in [1.807, 2.05) is 18.2 Å². The van der Waals surface area contributed by atoms with Crippen LogP contribution in [0.2, 0.25) is 0 Å². The van der Waals surface area contributed by atoms with Gasteiger partial charge in [-0.15, -0.1) is 0 Å². The van der Waals surface area contributed by atoms with Crippen LogP contribution in [-0.2, 0) is 9.53 Å². The largest absolute Gasteiger partial charge is 0.460 e. The molecule has 0 unspecified atom stereocenters. The maximum atomic E-state index is 12.5. The van der Waals surface area contributed by atoms with Gasteiger partial charge >= 0.3 is 5.97 Å². The second kappa shape index (κ2) is 7.67. The Hall–Kier alpha value is -2.38. The predicted octanol–water partition coefficient (Wildman–Crippen LogP) is -1.04. The van der Waals surface area contributed by atoms with Crippen molar-refractivity contribution in [3.63, 3.8) is 0 Å². The molecule has 1 aromatic heterocycles. The summed E-state index contributed by atoms with van der Waals surface area (Å²) in [5.74, 6) is -0.634. The minimum Gasteiger partial charge on any atom is -0.460 e. The highest BCUT2D eigenvalue weighted by Crippen LogP contribution is 2.31. The molecule has 2 aromatic rings. The van der Waals surface area contributed by atoms with Gasteiger partial charge in [-0.05, 0) is 19.1 Å². The average Bonchev–Trinajstić information content (AvgIpc) is 2.96. The van der Waals surface area contributed by atoms with E-state index in [0.717, 1.165) is 26.2 Å². The first-order valence-electron chi connectivity index (χ1n) is 8.72. The summed E-state index contributed by atoms with van der Waals surface area (Å²) in [4.78, 5) is 27.4. The van der Waals surface area contributed by atoms with Crippen molar-refractivity contribution in [2.45, 2.75) is 6.92 Å². The number of carbonyl (C=O) groups excluding carboxylic acids is 2. The summed E-state index contributed by atoms with van der Waals surface area (Å²) in [7, 11) is 2.17. The summed E-state index contributed by atoms with van der Waals surface area (Å²) in [5, 5.41) is 3.58. The fourth-order valence-electron chi connectivity index (χ4n) is 3.13. The van der Waals surface area contributed by atoms with Crippen LogP contribution < -0.4 is 15.1 Å². The summed E-state index contributed by atoms with van der Waals surface area (Å²) in [6, 6.07) is 7.26. The lowest BCUT2D eigenvalue weighted by atomic mass is 10.2. The number of likely N-dealkylation sites (N-methyl/N-ethyl adjacent to an activating group) is 1. The summed E-state index contributed by atoms with van der Waals surface area (Å²) in [6.07, 6.45) is 0. The molecule has 3 rings (SSSR count). The van der Waals surface area contributed by atoms with Gasteiger partial charge < -0.3 is 24.3 Å². The van der Waals surface area contributed by atoms with E-state index in [1.54, 1.807) is 13.0 Å². The third-order valence-corrected chi connectivity index (χ3v) is 4.54. The van der Waals surface area contributed by atoms with E-state index >= 15 is 0 Å². The SMILES string of the molecule is CCOC(=O)c1oc2ccccc2c1NC(=O)C[NH+]1CC[NH+](C)CC1. The predicted molar refractivity (Wildman–Crippen MR) is 93.0 cm³/mol. The lowest BCUT2D eigenvalue weighted by molar-refractivity contribution is -0.999. The van der Waals surface area contributed by atoms with Crippen molar-refractivity contribution < 1.29 is 28.5 Å². The van der Waals surface area contributed by atoms with Gasteiger partial charge in [0, 0.05) is 5.39 Å². The van der Waals surface area contributed by atoms with Gasteiger partial charge in [0.2, 0.25) is 5.76 Å². The quantitative estimate of drug-likeness (QED) is 0.604. The number of anilines is 1. The molecular weight excluding hydrogens is 322 g/mol. The average molecular weight is 347 g/mol. The zero-order valence-electron chi connectivity index (χ0n) is 14.7. The number of hydrogen-bond acceptors (Lipinski definition) is 4. The van der Waals surface area contributed by atoms with Crippen LogP contribution in [0.4, 0.5) is 5.69 Å². The minimum absolute atomic E-state index is 0.0502. The molecule has 7 nitrogen and oxygen atoms in total. The molecule has 25 heavy (non-hydrogen) atoms. The Morgan fingerprint density at radius 2 is 1.92 bits per heavy atom. The first kappa shape index (κ1) is 17.4. The monoisotopic (exact) mass is 347 g/mol. The molecule has 3 N–H and O–H groups in total. The summed E-state index contributed by atoms with van der Waals surface area (Å²) < 4.78 is 10.7. The van der Waals surface area contributed by atoms with Gasteiger partial charge in [0.15, 0.2) is 6.54 Å². The Morgan fingerprint density at radius 1 is 1.20 bits per heavy atom. The Kier molecular flexibility index (Phi) is 5.35. The highest BCUT2D eigenvalue weighted by atomic mass is 16.5. The standard InChI is InChI=1S/C18H23N3O4/c1-3-24-18(23)17-16(13-6-4-5-7-14(13)25-17)19-15(22)12-21-10-8-20(2)9-11-21/h4-7H,3,8-12H2,1-2H3,(H,19,22)/p+2. The van der Waals surface area contributed by atoms with Crippen LogP contribution in [0, 0.1) is 0 Å². The third-order valence-electron chi connectivity index (χ3n) is 4.54. The van der Waals surface area contributed by atoms with Crippen LogP contribution >= 0.6 is 0 Å². The van der Waals surface area contributed by atoms with Gasteiger partial charge in [-0.25, -0.2) is 4.79 Å². The van der Waals surface area contributed by atoms with E-state index in [1.165, 1.54) is 9.80 Å². The maximum absolute atomic E-state index is 12.5. The fourth-order valence-corrected chi connectivity index (χ4v) is 3.13. The van der Waals surface area contributed by atoms with Crippen LogP contribution in [0.15, 0.2) is 28.7 Å². The topological polar surface area (TPSA) is 77.4 Å². The number of nitrogens with one attached hydrogen (secondary N) is 3. The van der Waals surface area contributed by atoms with E-state index in [-0.39, 0.29) is 18.3 Å². The molecular formula is C18H25N3O4+2. The van der Waals surface area contributed by atoms with Crippen molar-refractivity contribution in [3.8, 4) is 0 Å². The number of benzene rings is 1. The van der Waals surface area contributed by atoms with Crippen molar-refractivity contribution in [1.29, 1.82) is 0 Å². The molecule has 0 bridgehead atoms. The van der Waals surface area contributed by atoms with E-state index in [2.05, 4.69) is 12.4 Å². The van der Waals surface area contributed by atoms with Gasteiger partial charge in [0.1, 0.15) is 37.4 Å². The highest BCUT2D eigenvalue weighted by molar-refractivity contribution is 6.09. The Bertz CT molecular complexity index is 763. The number of para-hydroxylation sites is 1. The zero-order chi connectivity index (χ0) is 17.8. The molecule has 7 heteroatoms. The van der Waals surface area contributed by atoms with Gasteiger partial charge in [-0.2, -0.15) is 0 Å². The third kappa shape index (κ3) is 4.00. The number of amides is 1. The smallest absolute Gasteiger partial charge is 0.376 e. The molecule has 0 atom stereocenters. The number of ether oxygens (including phenoxy) is 1. The first-order valence-corrected chi connectivity index (χ1v) is 8.72. The molecule has 1 fully saturated rings. The van der Waals surface area contributed by atoms with E-state index in [9.17, 15) is 9.59 Å². The van der Waals surface area contributed by atoms with Crippen molar-refractivity contribution in [3.05, 3.63) is 30.0 Å². The number of furan rings is 1. The Labute approximate surface area is 146 Å². The summed E-state index contributed by atoms with van der Waals surface area (Å²) >= 11 is 0. The molecule has 1 aliphatic heterocycles. The molecule has 1 aromatic carbocycles. The Balaban J connectivity index is 1.78. The minimum atomic E-state index is -0.565. The van der Waals surface area contributed by atoms with Crippen molar-refractivity contribution in [2.24, 2.45) is 0 Å². The number of carbonyl (C=O) groups is 2. The summed E-state index contributed by atoms with van der Waals surface area (Å²) in [5.41, 5.74) is 0.953. The number of rotatable bonds is 5. The molecule has 2 heterocycles. The number of esters is 1. The molecule has 0 radical (unpaired) electrons. The zero-order valence-corrected chi connectivity index (χ0v) is 14.7. The Morgan fingerprint density at radius 3 is 2.64 bits per heavy atom. The van der Waals surface area contributed by atoms with Crippen LogP contribution in [0.1, 0.15) is 17.5 Å². The molecule has 1 amide bonds. The number of quaternary nitrogens is 2. The van der Waals surface area contributed by atoms with Gasteiger partial charge in [-0.1, -0.05) is 12.1 Å². The highest BCUT2D eigenvalue weighted by Gasteiger charge is 2.26. The second-order valence-corrected chi connectivity index (χ2v) is 6.45. The maximum Gasteiger partial charge on any atom is 0.376 e. The molecule has 0 aliphatic carbocycles. The number of piperazine rings is 1. The van der Waals surface area contributed by atoms with Gasteiger partial charge in [0.05, 0.1) is 13.7 Å². The van der Waals surface area contributed by atoms with Crippen LogP contribution in [0.3, 0.4) is 0 Å². The normalized spacial score (nSPS) is 20.4. The molecule has 1 saturated heterocycles. The van der Waals surface area contributed by atoms with E-state index in [0.29, 0.717) is 23.2 Å². The van der Waals surface area contributed by atoms with Gasteiger partial charge in [0.25, 0.3) is 5.91 Å². The second-order valence-electron chi connectivity index (χ2n) is 6.45. The van der Waals surface area contributed by atoms with E-state index < -0.39 is 5.97 Å². The molecule has 0 spiro atoms. The lowest BCUT2D eigenvalue weighted by Gasteiger charge is -2.26. The molecule has 0 saturated carbocycles. The van der Waals surface area contributed by atoms with Crippen molar-refractivity contribution >= 4 is 28.5 Å². The number of fused-ring (bicyclic) bond motifs is 1. The van der Waals surface area contributed by atoms with Crippen LogP contribution in [-0.4, -0.2) is 58.3 Å². The van der Waals surface area contributed by atoms with Gasteiger partial charge in [-0.3, -0.25) is 4.79 Å². The fraction of sp³-hybridized carbons (Fsp3) is 0.444. The van der Waals surface area contributed by atoms with Crippen LogP contribution in [0.25, 0.3) is 11.0 Å². The summed E-state index contributed by atoms with van der Waals surface area (Å²) in [6.45, 7) is 6.42. The van der Waals surface area contributed by atoms with E-state index in [4.69, 9.17) is 9.15 Å². The molecule has 134 valence electrons. The lowest BCUT2D eigenvalue weighted by Crippen LogP contribution is -3.27. The number of hydrogen-bond donors (Lipinski definition) is 3. The van der Waals surface area contributed by atoms with Crippen LogP contribution in [0.5, 0.6) is 0 Å². The first-order chi connectivity index (χ1) is 12.1. The van der Waals surface area contributed by atoms with Crippen molar-refractivity contribution in [1.82, 2.24) is 0 Å². The van der Waals surface area contributed by atoms with Crippen molar-refractivity contribution in [2.75, 3.05) is 51.7 Å². The molecule has 1 aliphatic rings.